The highest BCUT2D eigenvalue weighted by atomic mass is 32.2. The quantitative estimate of drug-likeness (QED) is 0.386. The molecule has 0 saturated heterocycles. The average Bonchev–Trinajstić information content (AvgIpc) is 2.61. The molecule has 0 aliphatic carbocycles. The molecule has 0 bridgehead atoms. The summed E-state index contributed by atoms with van der Waals surface area (Å²) in [5.74, 6) is -0.507. The zero-order chi connectivity index (χ0) is 20.4. The van der Waals surface area contributed by atoms with Crippen LogP contribution < -0.4 is 10.9 Å². The van der Waals surface area contributed by atoms with Crippen molar-refractivity contribution in [1.82, 2.24) is 4.57 Å². The smallest absolute Gasteiger partial charge is 0.296 e. The van der Waals surface area contributed by atoms with Gasteiger partial charge in [-0.1, -0.05) is 0 Å². The van der Waals surface area contributed by atoms with Gasteiger partial charge in [-0.15, -0.1) is 10.2 Å². The molecule has 2 rings (SSSR count). The number of nitrogens with one attached hydrogen (secondary N) is 1. The lowest BCUT2D eigenvalue weighted by atomic mass is 10.1. The van der Waals surface area contributed by atoms with Crippen LogP contribution in [0.1, 0.15) is 22.8 Å². The maximum atomic E-state index is 12.1. The number of azo groups is 1. The number of hydrogen-bond acceptors (Lipinski definition) is 8. The lowest BCUT2D eigenvalue weighted by Crippen LogP contribution is -2.24. The summed E-state index contributed by atoms with van der Waals surface area (Å²) in [4.78, 5) is 22.9. The van der Waals surface area contributed by atoms with E-state index in [1.165, 1.54) is 19.1 Å². The first kappa shape index (κ1) is 20.3. The second kappa shape index (κ2) is 7.68. The van der Waals surface area contributed by atoms with Gasteiger partial charge in [-0.3, -0.25) is 18.7 Å². The van der Waals surface area contributed by atoms with Gasteiger partial charge in [-0.2, -0.15) is 8.42 Å². The number of aldehydes is 1. The lowest BCUT2D eigenvalue weighted by molar-refractivity contribution is 0.112. The van der Waals surface area contributed by atoms with Crippen molar-refractivity contribution >= 4 is 33.5 Å². The normalized spacial score (nSPS) is 11.7. The van der Waals surface area contributed by atoms with Crippen molar-refractivity contribution < 1.29 is 22.9 Å². The van der Waals surface area contributed by atoms with Crippen LogP contribution in [0.4, 0.5) is 17.1 Å². The van der Waals surface area contributed by atoms with Crippen molar-refractivity contribution in [2.24, 2.45) is 10.2 Å². The molecule has 2 aromatic rings. The third kappa shape index (κ3) is 3.88. The highest BCUT2D eigenvalue weighted by Gasteiger charge is 2.19. The van der Waals surface area contributed by atoms with Crippen LogP contribution in [-0.4, -0.2) is 36.0 Å². The minimum absolute atomic E-state index is 0.0832. The molecule has 0 spiro atoms. The van der Waals surface area contributed by atoms with Crippen LogP contribution in [0.2, 0.25) is 0 Å². The van der Waals surface area contributed by atoms with Crippen molar-refractivity contribution in [3.05, 3.63) is 39.7 Å². The van der Waals surface area contributed by atoms with E-state index in [0.29, 0.717) is 12.0 Å². The van der Waals surface area contributed by atoms with Crippen molar-refractivity contribution in [3.8, 4) is 5.88 Å². The Kier molecular flexibility index (Phi) is 5.76. The lowest BCUT2D eigenvalue weighted by Gasteiger charge is -2.12. The van der Waals surface area contributed by atoms with Gasteiger partial charge in [0.15, 0.2) is 6.29 Å². The van der Waals surface area contributed by atoms with Crippen LogP contribution >= 0.6 is 0 Å². The summed E-state index contributed by atoms with van der Waals surface area (Å²) in [5, 5.41) is 20.7. The van der Waals surface area contributed by atoms with E-state index in [-0.39, 0.29) is 29.0 Å². The molecule has 0 amide bonds. The van der Waals surface area contributed by atoms with E-state index >= 15 is 0 Å². The summed E-state index contributed by atoms with van der Waals surface area (Å²) < 4.78 is 33.4. The molecule has 0 aliphatic heterocycles. The summed E-state index contributed by atoms with van der Waals surface area (Å²) in [6, 6.07) is 3.90. The van der Waals surface area contributed by atoms with Crippen molar-refractivity contribution in [1.29, 1.82) is 0 Å². The van der Waals surface area contributed by atoms with Gasteiger partial charge in [0.2, 0.25) is 5.88 Å². The predicted octanol–water partition coefficient (Wildman–Crippen LogP) is 2.40. The van der Waals surface area contributed by atoms with Crippen LogP contribution in [-0.2, 0) is 16.7 Å². The highest BCUT2D eigenvalue weighted by molar-refractivity contribution is 7.86. The molecule has 0 atom stereocenters. The molecule has 27 heavy (non-hydrogen) atoms. The minimum Gasteiger partial charge on any atom is -0.493 e. The van der Waals surface area contributed by atoms with Gasteiger partial charge in [0, 0.05) is 19.3 Å². The molecule has 0 radical (unpaired) electrons. The molecular formula is C16H18N4O6S. The van der Waals surface area contributed by atoms with Gasteiger partial charge < -0.3 is 10.4 Å². The Morgan fingerprint density at radius 2 is 1.96 bits per heavy atom. The molecule has 11 heteroatoms. The summed E-state index contributed by atoms with van der Waals surface area (Å²) in [6.45, 7) is 3.09. The number of hydrogen-bond donors (Lipinski definition) is 3. The molecule has 1 aromatic carbocycles. The molecule has 1 aromatic heterocycles. The molecule has 10 nitrogen and oxygen atoms in total. The monoisotopic (exact) mass is 394 g/mol. The second-order valence-electron chi connectivity index (χ2n) is 5.49. The predicted molar refractivity (Wildman–Crippen MR) is 98.1 cm³/mol. The first-order valence-corrected chi connectivity index (χ1v) is 9.22. The van der Waals surface area contributed by atoms with Gasteiger partial charge in [-0.05, 0) is 37.6 Å². The second-order valence-corrected chi connectivity index (χ2v) is 6.88. The van der Waals surface area contributed by atoms with Crippen LogP contribution in [0.3, 0.4) is 0 Å². The van der Waals surface area contributed by atoms with Crippen LogP contribution in [0.15, 0.2) is 38.1 Å². The Morgan fingerprint density at radius 3 is 2.48 bits per heavy atom. The molecule has 3 N–H and O–H groups in total. The average molecular weight is 394 g/mol. The Labute approximate surface area is 154 Å². The minimum atomic E-state index is -4.57. The highest BCUT2D eigenvalue weighted by Crippen LogP contribution is 2.34. The van der Waals surface area contributed by atoms with E-state index in [2.05, 4.69) is 15.5 Å². The first-order chi connectivity index (χ1) is 12.6. The third-order valence-electron chi connectivity index (χ3n) is 3.92. The first-order valence-electron chi connectivity index (χ1n) is 7.78. The van der Waals surface area contributed by atoms with E-state index in [9.17, 15) is 27.7 Å². The molecule has 144 valence electrons. The van der Waals surface area contributed by atoms with Gasteiger partial charge >= 0.3 is 0 Å². The van der Waals surface area contributed by atoms with E-state index < -0.39 is 26.5 Å². The van der Waals surface area contributed by atoms with Crippen molar-refractivity contribution in [3.63, 3.8) is 0 Å². The van der Waals surface area contributed by atoms with Gasteiger partial charge in [0.25, 0.3) is 15.7 Å². The van der Waals surface area contributed by atoms with Crippen LogP contribution in [0.25, 0.3) is 0 Å². The van der Waals surface area contributed by atoms with Gasteiger partial charge in [-0.25, -0.2) is 0 Å². The van der Waals surface area contributed by atoms with Gasteiger partial charge in [0.05, 0.1) is 5.56 Å². The Morgan fingerprint density at radius 1 is 1.30 bits per heavy atom. The number of anilines is 1. The summed E-state index contributed by atoms with van der Waals surface area (Å²) in [7, 11) is -2.97. The zero-order valence-electron chi connectivity index (χ0n) is 14.8. The Bertz CT molecular complexity index is 1090. The van der Waals surface area contributed by atoms with Crippen LogP contribution in [0.5, 0.6) is 5.88 Å². The van der Waals surface area contributed by atoms with E-state index in [4.69, 9.17) is 0 Å². The largest absolute Gasteiger partial charge is 0.493 e. The maximum Gasteiger partial charge on any atom is 0.296 e. The van der Waals surface area contributed by atoms with Crippen molar-refractivity contribution in [2.75, 3.05) is 12.4 Å². The number of aromatic hydroxyl groups is 1. The van der Waals surface area contributed by atoms with E-state index in [1.54, 1.807) is 14.0 Å². The number of pyridine rings is 1. The standard InChI is InChI=1S/C16H18N4O6S/c1-4-20-15(22)11(8-21)9(2)14(16(20)23)19-18-12-7-10(17-3)5-6-13(12)27(24,25)26/h5-8,17,23H,4H2,1-3H3,(H,24,25,26). The molecular weight excluding hydrogens is 376 g/mol. The number of rotatable bonds is 6. The Balaban J connectivity index is 2.73. The molecule has 0 unspecified atom stereocenters. The summed E-state index contributed by atoms with van der Waals surface area (Å²) in [6.07, 6.45) is 0.355. The number of aromatic nitrogens is 1. The van der Waals surface area contributed by atoms with E-state index in [0.717, 1.165) is 10.6 Å². The number of benzene rings is 1. The fourth-order valence-electron chi connectivity index (χ4n) is 2.45. The van der Waals surface area contributed by atoms with Gasteiger partial charge in [0.1, 0.15) is 16.3 Å². The maximum absolute atomic E-state index is 12.1. The number of nitrogens with zero attached hydrogens (tertiary/aromatic N) is 3. The van der Waals surface area contributed by atoms with E-state index in [1.807, 2.05) is 0 Å². The fourth-order valence-corrected chi connectivity index (χ4v) is 3.05. The molecule has 0 saturated carbocycles. The molecule has 0 fully saturated rings. The fraction of sp³-hybridized carbons (Fsp3) is 0.250. The number of carbonyl (C=O) groups is 1. The summed E-state index contributed by atoms with van der Waals surface area (Å²) in [5.41, 5.74) is -0.608. The number of carbonyl (C=O) groups excluding carboxylic acids is 1. The van der Waals surface area contributed by atoms with Crippen LogP contribution in [0, 0.1) is 6.92 Å². The SMILES string of the molecule is CCn1c(O)c(N=Nc2cc(NC)ccc2S(=O)(=O)O)c(C)c(C=O)c1=O. The van der Waals surface area contributed by atoms with Crippen molar-refractivity contribution in [2.45, 2.75) is 25.3 Å². The molecule has 0 aliphatic rings. The Hall–Kier alpha value is -3.05. The molecule has 1 heterocycles. The topological polar surface area (TPSA) is 150 Å². The summed E-state index contributed by atoms with van der Waals surface area (Å²) >= 11 is 0. The zero-order valence-corrected chi connectivity index (χ0v) is 15.6. The third-order valence-corrected chi connectivity index (χ3v) is 4.82.